The fraction of sp³-hybridized carbons (Fsp3) is 0.370. The van der Waals surface area contributed by atoms with Crippen LogP contribution in [0.3, 0.4) is 0 Å². The number of rotatable bonds is 7. The summed E-state index contributed by atoms with van der Waals surface area (Å²) in [6.07, 6.45) is 0.748. The smallest absolute Gasteiger partial charge is 0.250 e. The Balaban J connectivity index is 1.45. The van der Waals surface area contributed by atoms with Crippen molar-refractivity contribution >= 4 is 5.91 Å². The van der Waals surface area contributed by atoms with Gasteiger partial charge in [0.05, 0.1) is 19.6 Å². The quantitative estimate of drug-likeness (QED) is 0.439. The summed E-state index contributed by atoms with van der Waals surface area (Å²) in [6.45, 7) is 2.39. The zero-order chi connectivity index (χ0) is 26.3. The number of carbonyl (C=O) groups excluding carboxylic acids is 1. The minimum absolute atomic E-state index is 0.0138. The first-order valence-corrected chi connectivity index (χ1v) is 12.2. The van der Waals surface area contributed by atoms with E-state index in [1.54, 1.807) is 18.2 Å². The molecule has 4 heterocycles. The van der Waals surface area contributed by atoms with Crippen LogP contribution in [-0.2, 0) is 17.9 Å². The number of aromatic hydroxyl groups is 2. The number of phenols is 1. The van der Waals surface area contributed by atoms with E-state index in [1.165, 1.54) is 25.3 Å². The van der Waals surface area contributed by atoms with Crippen molar-refractivity contribution in [1.82, 2.24) is 9.47 Å². The van der Waals surface area contributed by atoms with E-state index in [-0.39, 0.29) is 35.2 Å². The molecule has 1 fully saturated rings. The van der Waals surface area contributed by atoms with Crippen LogP contribution in [0.25, 0.3) is 0 Å². The number of amides is 1. The van der Waals surface area contributed by atoms with Gasteiger partial charge in [-0.2, -0.15) is 0 Å². The van der Waals surface area contributed by atoms with Crippen LogP contribution < -0.4 is 21.5 Å². The molecule has 10 heteroatoms. The Hall–Kier alpha value is -4.05. The van der Waals surface area contributed by atoms with Gasteiger partial charge in [-0.3, -0.25) is 19.3 Å². The zero-order valence-electron chi connectivity index (χ0n) is 20.4. The Labute approximate surface area is 212 Å². The second kappa shape index (κ2) is 9.78. The van der Waals surface area contributed by atoms with Crippen molar-refractivity contribution in [2.75, 3.05) is 20.2 Å². The molecule has 2 aliphatic rings. The van der Waals surface area contributed by atoms with E-state index in [9.17, 15) is 24.6 Å². The molecule has 2 aromatic heterocycles. The van der Waals surface area contributed by atoms with Gasteiger partial charge in [-0.05, 0) is 36.1 Å². The van der Waals surface area contributed by atoms with Gasteiger partial charge >= 0.3 is 0 Å². The molecule has 3 atom stereocenters. The summed E-state index contributed by atoms with van der Waals surface area (Å²) in [4.78, 5) is 39.1. The first-order chi connectivity index (χ1) is 17.7. The van der Waals surface area contributed by atoms with Gasteiger partial charge in [-0.25, -0.2) is 0 Å². The van der Waals surface area contributed by atoms with Gasteiger partial charge in [0, 0.05) is 49.8 Å². The third kappa shape index (κ3) is 4.84. The number of nitrogens with two attached hydrogens (primary N) is 1. The van der Waals surface area contributed by atoms with E-state index in [0.717, 1.165) is 18.7 Å². The van der Waals surface area contributed by atoms with Crippen LogP contribution >= 0.6 is 0 Å². The predicted molar refractivity (Wildman–Crippen MR) is 134 cm³/mol. The van der Waals surface area contributed by atoms with Crippen LogP contribution in [0.5, 0.6) is 17.2 Å². The van der Waals surface area contributed by atoms with Gasteiger partial charge in [-0.1, -0.05) is 12.1 Å². The third-order valence-electron chi connectivity index (χ3n) is 7.26. The summed E-state index contributed by atoms with van der Waals surface area (Å²) >= 11 is 0. The molecule has 1 amide bonds. The summed E-state index contributed by atoms with van der Waals surface area (Å²) in [7, 11) is 1.41. The minimum Gasteiger partial charge on any atom is -0.504 e. The Morgan fingerprint density at radius 2 is 1.97 bits per heavy atom. The molecule has 37 heavy (non-hydrogen) atoms. The first-order valence-electron chi connectivity index (χ1n) is 12.2. The molecule has 0 unspecified atom stereocenters. The molecule has 194 valence electrons. The van der Waals surface area contributed by atoms with Crippen LogP contribution in [0.1, 0.15) is 47.5 Å². The fourth-order valence-electron chi connectivity index (χ4n) is 5.70. The lowest BCUT2D eigenvalue weighted by Gasteiger charge is -2.42. The van der Waals surface area contributed by atoms with Gasteiger partial charge < -0.3 is 29.7 Å². The number of hydrogen-bond donors (Lipinski definition) is 3. The van der Waals surface area contributed by atoms with Gasteiger partial charge in [0.1, 0.15) is 5.76 Å². The number of hydrogen-bond acceptors (Lipinski definition) is 8. The molecule has 0 saturated carbocycles. The van der Waals surface area contributed by atoms with Crippen LogP contribution in [0.15, 0.2) is 56.5 Å². The van der Waals surface area contributed by atoms with E-state index >= 15 is 0 Å². The van der Waals surface area contributed by atoms with Crippen molar-refractivity contribution in [2.45, 2.75) is 37.8 Å². The van der Waals surface area contributed by atoms with Crippen molar-refractivity contribution in [1.29, 1.82) is 0 Å². The number of piperidine rings is 1. The molecule has 0 spiro atoms. The monoisotopic (exact) mass is 507 g/mol. The molecular weight excluding hydrogens is 478 g/mol. The Morgan fingerprint density at radius 3 is 2.70 bits per heavy atom. The van der Waals surface area contributed by atoms with Gasteiger partial charge in [0.2, 0.25) is 17.1 Å². The number of aromatic nitrogens is 1. The molecule has 3 aromatic rings. The van der Waals surface area contributed by atoms with Gasteiger partial charge in [0.15, 0.2) is 17.3 Å². The number of phenolic OH excluding ortho intramolecular Hbond substituents is 1. The second-order valence-corrected chi connectivity index (χ2v) is 9.84. The predicted octanol–water partition coefficient (Wildman–Crippen LogP) is 1.85. The first kappa shape index (κ1) is 24.6. The molecule has 10 nitrogen and oxygen atoms in total. The molecule has 1 aromatic carbocycles. The van der Waals surface area contributed by atoms with E-state index < -0.39 is 23.0 Å². The molecular formula is C27H29N3O7. The number of likely N-dealkylation sites (tertiary alicyclic amines) is 1. The molecule has 5 rings (SSSR count). The van der Waals surface area contributed by atoms with Crippen molar-refractivity contribution in [3.8, 4) is 17.2 Å². The summed E-state index contributed by atoms with van der Waals surface area (Å²) in [5.74, 6) is -1.34. The minimum atomic E-state index is -0.888. The average molecular weight is 508 g/mol. The van der Waals surface area contributed by atoms with E-state index in [2.05, 4.69) is 4.90 Å². The van der Waals surface area contributed by atoms with Crippen molar-refractivity contribution in [3.05, 3.63) is 85.8 Å². The molecule has 0 radical (unpaired) electrons. The number of pyridine rings is 1. The number of primary amides is 1. The molecule has 4 N–H and O–H groups in total. The maximum Gasteiger partial charge on any atom is 0.250 e. The van der Waals surface area contributed by atoms with Crippen LogP contribution in [0.2, 0.25) is 0 Å². The van der Waals surface area contributed by atoms with Crippen molar-refractivity contribution in [3.63, 3.8) is 0 Å². The number of nitrogens with zero attached hydrogens (tertiary/aromatic N) is 2. The van der Waals surface area contributed by atoms with Crippen LogP contribution in [-0.4, -0.2) is 45.8 Å². The summed E-state index contributed by atoms with van der Waals surface area (Å²) < 4.78 is 13.0. The molecule has 1 saturated heterocycles. The van der Waals surface area contributed by atoms with Gasteiger partial charge in [-0.15, -0.1) is 0 Å². The Morgan fingerprint density at radius 1 is 1.16 bits per heavy atom. The van der Waals surface area contributed by atoms with Crippen LogP contribution in [0, 0.1) is 5.92 Å². The SMILES string of the molecule is COc1ccc([C@@H](CC(N)=O)c2oc(CN3C[C@H]4C[C@@H](C3)c3cccc(=O)n3C4)cc(=O)c2O)cc1O. The normalized spacial score (nSPS) is 19.7. The topological polar surface area (TPSA) is 148 Å². The van der Waals surface area contributed by atoms with Crippen molar-refractivity contribution < 1.29 is 24.2 Å². The van der Waals surface area contributed by atoms with Crippen molar-refractivity contribution in [2.24, 2.45) is 11.7 Å². The zero-order valence-corrected chi connectivity index (χ0v) is 20.4. The number of benzene rings is 1. The lowest BCUT2D eigenvalue weighted by atomic mass is 9.83. The number of ether oxygens (including phenoxy) is 1. The number of fused-ring (bicyclic) bond motifs is 4. The van der Waals surface area contributed by atoms with E-state index in [0.29, 0.717) is 36.9 Å². The van der Waals surface area contributed by atoms with E-state index in [1.807, 2.05) is 10.6 Å². The lowest BCUT2D eigenvalue weighted by molar-refractivity contribution is -0.118. The highest BCUT2D eigenvalue weighted by atomic mass is 16.5. The summed E-state index contributed by atoms with van der Waals surface area (Å²) in [5, 5.41) is 20.9. The molecule has 2 aliphatic heterocycles. The molecule has 0 aliphatic carbocycles. The Bertz CT molecular complexity index is 1460. The standard InChI is InChI=1S/C27H29N3O7/c1-36-23-6-5-16(8-21(23)31)19(10-24(28)33)27-26(35)22(32)9-18(37-27)14-29-11-15-7-17(13-29)20-3-2-4-25(34)30(20)12-15/h2-6,8-9,15,17,19,31,35H,7,10-14H2,1H3,(H2,28,33)/t15-,17+,19-/m1/s1. The maximum absolute atomic E-state index is 12.7. The summed E-state index contributed by atoms with van der Waals surface area (Å²) in [5.41, 5.74) is 6.31. The molecule has 2 bridgehead atoms. The summed E-state index contributed by atoms with van der Waals surface area (Å²) in [6, 6.07) is 11.1. The van der Waals surface area contributed by atoms with E-state index in [4.69, 9.17) is 14.9 Å². The number of carbonyl (C=O) groups is 1. The highest BCUT2D eigenvalue weighted by Gasteiger charge is 2.35. The third-order valence-corrected chi connectivity index (χ3v) is 7.26. The largest absolute Gasteiger partial charge is 0.504 e. The lowest BCUT2D eigenvalue weighted by Crippen LogP contribution is -2.46. The maximum atomic E-state index is 12.7. The van der Waals surface area contributed by atoms with Gasteiger partial charge in [0.25, 0.3) is 5.56 Å². The fourth-order valence-corrected chi connectivity index (χ4v) is 5.70. The second-order valence-electron chi connectivity index (χ2n) is 9.84. The van der Waals surface area contributed by atoms with Crippen LogP contribution in [0.4, 0.5) is 0 Å². The average Bonchev–Trinajstić information content (AvgIpc) is 2.85. The highest BCUT2D eigenvalue weighted by molar-refractivity contribution is 5.75. The number of methoxy groups -OCH3 is 1. The highest BCUT2D eigenvalue weighted by Crippen LogP contribution is 2.38. The Kier molecular flexibility index (Phi) is 6.51.